The van der Waals surface area contributed by atoms with Crippen molar-refractivity contribution in [3.8, 4) is 0 Å². The number of nitrogens with one attached hydrogen (secondary N) is 1. The van der Waals surface area contributed by atoms with Crippen molar-refractivity contribution in [3.63, 3.8) is 0 Å². The van der Waals surface area contributed by atoms with Crippen LogP contribution in [0.3, 0.4) is 0 Å². The van der Waals surface area contributed by atoms with Crippen molar-refractivity contribution >= 4 is 22.3 Å². The van der Waals surface area contributed by atoms with E-state index in [0.29, 0.717) is 12.2 Å². The topological polar surface area (TPSA) is 81.7 Å². The molecule has 96 valence electrons. The number of nitrogen functional groups attached to an aromatic ring is 1. The Morgan fingerprint density at radius 2 is 2.11 bits per heavy atom. The van der Waals surface area contributed by atoms with Gasteiger partial charge in [-0.1, -0.05) is 18.2 Å². The average molecular weight is 254 g/mol. The molecule has 19 heavy (non-hydrogen) atoms. The van der Waals surface area contributed by atoms with Crippen molar-refractivity contribution in [1.82, 2.24) is 19.7 Å². The molecule has 0 atom stereocenters. The van der Waals surface area contributed by atoms with E-state index in [1.807, 2.05) is 31.3 Å². The Balaban J connectivity index is 1.93. The van der Waals surface area contributed by atoms with Crippen molar-refractivity contribution in [2.24, 2.45) is 7.05 Å². The van der Waals surface area contributed by atoms with Crippen LogP contribution in [-0.2, 0) is 13.6 Å². The first-order valence-electron chi connectivity index (χ1n) is 5.95. The maximum Gasteiger partial charge on any atom is 0.169 e. The molecule has 0 aliphatic carbocycles. The number of para-hydroxylation sites is 1. The number of hydrogen-bond donors (Lipinski definition) is 2. The summed E-state index contributed by atoms with van der Waals surface area (Å²) < 4.78 is 1.67. The van der Waals surface area contributed by atoms with Gasteiger partial charge in [0.25, 0.3) is 0 Å². The molecule has 3 rings (SSSR count). The predicted molar refractivity (Wildman–Crippen MR) is 74.5 cm³/mol. The third-order valence-corrected chi connectivity index (χ3v) is 2.88. The summed E-state index contributed by atoms with van der Waals surface area (Å²) in [5.41, 5.74) is 8.39. The Bertz CT molecular complexity index is 718. The molecule has 0 bridgehead atoms. The molecule has 3 N–H and O–H groups in total. The molecule has 0 aliphatic rings. The second-order valence-electron chi connectivity index (χ2n) is 4.29. The van der Waals surface area contributed by atoms with Crippen LogP contribution < -0.4 is 11.1 Å². The lowest BCUT2D eigenvalue weighted by Crippen LogP contribution is -2.05. The highest BCUT2D eigenvalue weighted by Gasteiger charge is 2.07. The molecular weight excluding hydrogens is 240 g/mol. The van der Waals surface area contributed by atoms with Crippen molar-refractivity contribution < 1.29 is 0 Å². The van der Waals surface area contributed by atoms with Gasteiger partial charge < -0.3 is 11.1 Å². The van der Waals surface area contributed by atoms with Gasteiger partial charge in [0.15, 0.2) is 5.82 Å². The van der Waals surface area contributed by atoms with Crippen molar-refractivity contribution in [2.45, 2.75) is 6.54 Å². The Morgan fingerprint density at radius 1 is 1.26 bits per heavy atom. The third-order valence-electron chi connectivity index (χ3n) is 2.88. The van der Waals surface area contributed by atoms with E-state index in [-0.39, 0.29) is 0 Å². The van der Waals surface area contributed by atoms with Gasteiger partial charge in [-0.3, -0.25) is 9.67 Å². The normalized spacial score (nSPS) is 10.8. The largest absolute Gasteiger partial charge is 0.396 e. The molecule has 6 nitrogen and oxygen atoms in total. The summed E-state index contributed by atoms with van der Waals surface area (Å²) in [5.74, 6) is 0.725. The van der Waals surface area contributed by atoms with Gasteiger partial charge in [0.05, 0.1) is 29.6 Å². The van der Waals surface area contributed by atoms with E-state index in [2.05, 4.69) is 20.4 Å². The standard InChI is InChI=1S/C13H14N6/c1-19-8-17-12(18-19)7-16-13-9-4-2-3-5-11(9)15-6-10(13)14/h2-6,8H,7,14H2,1H3,(H,15,16). The van der Waals surface area contributed by atoms with Crippen molar-refractivity contribution in [2.75, 3.05) is 11.1 Å². The van der Waals surface area contributed by atoms with Crippen LogP contribution in [0.1, 0.15) is 5.82 Å². The molecule has 0 aliphatic heterocycles. The minimum Gasteiger partial charge on any atom is -0.396 e. The molecule has 0 saturated heterocycles. The highest BCUT2D eigenvalue weighted by Crippen LogP contribution is 2.27. The number of aryl methyl sites for hydroxylation is 1. The molecule has 0 radical (unpaired) electrons. The third kappa shape index (κ3) is 2.20. The van der Waals surface area contributed by atoms with Gasteiger partial charge in [-0.25, -0.2) is 4.98 Å². The maximum absolute atomic E-state index is 5.98. The Kier molecular flexibility index (Phi) is 2.75. The van der Waals surface area contributed by atoms with Crippen LogP contribution in [0.5, 0.6) is 0 Å². The maximum atomic E-state index is 5.98. The molecule has 0 amide bonds. The monoisotopic (exact) mass is 254 g/mol. The fraction of sp³-hybridized carbons (Fsp3) is 0.154. The Morgan fingerprint density at radius 3 is 2.89 bits per heavy atom. The summed E-state index contributed by atoms with van der Waals surface area (Å²) >= 11 is 0. The number of hydrogen-bond acceptors (Lipinski definition) is 5. The number of benzene rings is 1. The van der Waals surface area contributed by atoms with Gasteiger partial charge in [-0.2, -0.15) is 5.10 Å². The SMILES string of the molecule is Cn1cnc(CNc2c(N)cnc3ccccc23)n1. The lowest BCUT2D eigenvalue weighted by atomic mass is 10.1. The first kappa shape index (κ1) is 11.5. The molecule has 2 aromatic heterocycles. The van der Waals surface area contributed by atoms with Crippen LogP contribution in [0.4, 0.5) is 11.4 Å². The number of nitrogens with zero attached hydrogens (tertiary/aromatic N) is 4. The van der Waals surface area contributed by atoms with Crippen LogP contribution >= 0.6 is 0 Å². The lowest BCUT2D eigenvalue weighted by Gasteiger charge is -2.10. The second-order valence-corrected chi connectivity index (χ2v) is 4.29. The van der Waals surface area contributed by atoms with Gasteiger partial charge in [-0.15, -0.1) is 0 Å². The fourth-order valence-electron chi connectivity index (χ4n) is 1.99. The number of anilines is 2. The highest BCUT2D eigenvalue weighted by atomic mass is 15.3. The number of rotatable bonds is 3. The van der Waals surface area contributed by atoms with E-state index in [1.165, 1.54) is 0 Å². The molecular formula is C13H14N6. The van der Waals surface area contributed by atoms with Crippen LogP contribution in [0, 0.1) is 0 Å². The van der Waals surface area contributed by atoms with Crippen LogP contribution in [0.25, 0.3) is 10.9 Å². The van der Waals surface area contributed by atoms with E-state index in [0.717, 1.165) is 22.4 Å². The zero-order valence-corrected chi connectivity index (χ0v) is 10.5. The minimum atomic E-state index is 0.527. The number of fused-ring (bicyclic) bond motifs is 1. The zero-order valence-electron chi connectivity index (χ0n) is 10.5. The molecule has 3 aromatic rings. The van der Waals surface area contributed by atoms with E-state index in [1.54, 1.807) is 17.2 Å². The van der Waals surface area contributed by atoms with E-state index >= 15 is 0 Å². The second kappa shape index (κ2) is 4.56. The summed E-state index contributed by atoms with van der Waals surface area (Å²) in [6.07, 6.45) is 3.33. The van der Waals surface area contributed by atoms with E-state index < -0.39 is 0 Å². The number of nitrogens with two attached hydrogens (primary N) is 1. The molecule has 2 heterocycles. The molecule has 0 unspecified atom stereocenters. The molecule has 0 spiro atoms. The summed E-state index contributed by atoms with van der Waals surface area (Å²) in [4.78, 5) is 8.47. The van der Waals surface area contributed by atoms with Gasteiger partial charge in [0.2, 0.25) is 0 Å². The van der Waals surface area contributed by atoms with E-state index in [9.17, 15) is 0 Å². The van der Waals surface area contributed by atoms with Gasteiger partial charge >= 0.3 is 0 Å². The molecule has 0 fully saturated rings. The summed E-state index contributed by atoms with van der Waals surface area (Å²) in [6.45, 7) is 0.527. The summed E-state index contributed by atoms with van der Waals surface area (Å²) in [7, 11) is 1.84. The van der Waals surface area contributed by atoms with Gasteiger partial charge in [-0.05, 0) is 6.07 Å². The highest BCUT2D eigenvalue weighted by molar-refractivity contribution is 5.96. The van der Waals surface area contributed by atoms with Gasteiger partial charge in [0, 0.05) is 12.4 Å². The fourth-order valence-corrected chi connectivity index (χ4v) is 1.99. The van der Waals surface area contributed by atoms with E-state index in [4.69, 9.17) is 5.73 Å². The Labute approximate surface area is 110 Å². The zero-order chi connectivity index (χ0) is 13.2. The smallest absolute Gasteiger partial charge is 0.169 e. The van der Waals surface area contributed by atoms with Crippen LogP contribution in [-0.4, -0.2) is 19.7 Å². The first-order chi connectivity index (χ1) is 9.24. The first-order valence-corrected chi connectivity index (χ1v) is 5.95. The lowest BCUT2D eigenvalue weighted by molar-refractivity contribution is 0.747. The summed E-state index contributed by atoms with van der Waals surface area (Å²) in [6, 6.07) is 7.87. The molecule has 6 heteroatoms. The van der Waals surface area contributed by atoms with Crippen molar-refractivity contribution in [3.05, 3.63) is 42.6 Å². The minimum absolute atomic E-state index is 0.527. The molecule has 1 aromatic carbocycles. The summed E-state index contributed by atoms with van der Waals surface area (Å²) in [5, 5.41) is 8.50. The number of pyridine rings is 1. The van der Waals surface area contributed by atoms with Crippen molar-refractivity contribution in [1.29, 1.82) is 0 Å². The Hall–Kier alpha value is -2.63. The van der Waals surface area contributed by atoms with Crippen LogP contribution in [0.2, 0.25) is 0 Å². The van der Waals surface area contributed by atoms with Gasteiger partial charge in [0.1, 0.15) is 6.33 Å². The molecule has 0 saturated carbocycles. The predicted octanol–water partition coefficient (Wildman–Crippen LogP) is 1.56. The average Bonchev–Trinajstić information content (AvgIpc) is 2.83. The van der Waals surface area contributed by atoms with Crippen LogP contribution in [0.15, 0.2) is 36.8 Å². The number of aromatic nitrogens is 4. The quantitative estimate of drug-likeness (QED) is 0.741.